The minimum atomic E-state index is -0.278. The molecule has 1 rings (SSSR count). The van der Waals surface area contributed by atoms with E-state index >= 15 is 0 Å². The van der Waals surface area contributed by atoms with E-state index in [4.69, 9.17) is 5.11 Å². The maximum Gasteiger partial charge on any atom is 0.333 e. The van der Waals surface area contributed by atoms with Gasteiger partial charge in [-0.2, -0.15) is 0 Å². The number of hydrogen-bond acceptors (Lipinski definition) is 3. The lowest BCUT2D eigenvalue weighted by Crippen LogP contribution is -2.39. The third kappa shape index (κ3) is 4.29. The van der Waals surface area contributed by atoms with Crippen molar-refractivity contribution in [1.82, 2.24) is 10.4 Å². The maximum atomic E-state index is 11.3. The molecule has 0 saturated heterocycles. The van der Waals surface area contributed by atoms with Gasteiger partial charge in [0.15, 0.2) is 0 Å². The van der Waals surface area contributed by atoms with Crippen molar-refractivity contribution in [3.05, 3.63) is 29.8 Å². The number of benzene rings is 1. The fraction of sp³-hybridized carbons (Fsp3) is 0.364. The molecule has 5 nitrogen and oxygen atoms in total. The summed E-state index contributed by atoms with van der Waals surface area (Å²) >= 11 is 0. The lowest BCUT2D eigenvalue weighted by molar-refractivity contribution is 0.224. The Morgan fingerprint density at radius 3 is 2.44 bits per heavy atom. The molecule has 1 aromatic rings. The minimum absolute atomic E-state index is 0.133. The molecule has 0 unspecified atom stereocenters. The van der Waals surface area contributed by atoms with Gasteiger partial charge < -0.3 is 10.4 Å². The fourth-order valence-corrected chi connectivity index (χ4v) is 1.25. The molecule has 88 valence electrons. The van der Waals surface area contributed by atoms with Crippen LogP contribution in [0.25, 0.3) is 0 Å². The molecule has 0 fully saturated rings. The summed E-state index contributed by atoms with van der Waals surface area (Å²) in [5.41, 5.74) is 4.34. The fourth-order valence-electron chi connectivity index (χ4n) is 1.25. The van der Waals surface area contributed by atoms with Gasteiger partial charge in [0.1, 0.15) is 0 Å². The number of aliphatic hydroxyl groups excluding tert-OH is 1. The molecule has 1 aromatic carbocycles. The molecule has 0 heterocycles. The number of hydrazine groups is 1. The predicted molar refractivity (Wildman–Crippen MR) is 63.1 cm³/mol. The zero-order valence-corrected chi connectivity index (χ0v) is 9.53. The number of rotatable bonds is 4. The van der Waals surface area contributed by atoms with Crippen LogP contribution in [-0.4, -0.2) is 36.8 Å². The van der Waals surface area contributed by atoms with Crippen molar-refractivity contribution >= 4 is 11.7 Å². The SMILES string of the molecule is CN(C)NC(=O)Nc1ccc(CCO)cc1. The molecule has 0 aromatic heterocycles. The molecule has 0 aliphatic carbocycles. The molecule has 0 aliphatic heterocycles. The minimum Gasteiger partial charge on any atom is -0.396 e. The smallest absolute Gasteiger partial charge is 0.333 e. The van der Waals surface area contributed by atoms with Crippen LogP contribution in [0, 0.1) is 0 Å². The first kappa shape index (κ1) is 12.5. The van der Waals surface area contributed by atoms with E-state index < -0.39 is 0 Å². The number of nitrogens with zero attached hydrogens (tertiary/aromatic N) is 1. The summed E-state index contributed by atoms with van der Waals surface area (Å²) in [6, 6.07) is 7.09. The van der Waals surface area contributed by atoms with E-state index in [0.29, 0.717) is 6.42 Å². The zero-order chi connectivity index (χ0) is 12.0. The Morgan fingerprint density at radius 2 is 1.94 bits per heavy atom. The highest BCUT2D eigenvalue weighted by Gasteiger charge is 2.01. The van der Waals surface area contributed by atoms with Gasteiger partial charge in [-0.25, -0.2) is 9.80 Å². The summed E-state index contributed by atoms with van der Waals surface area (Å²) in [5.74, 6) is 0. The Balaban J connectivity index is 2.51. The Labute approximate surface area is 95.0 Å². The topological polar surface area (TPSA) is 64.6 Å². The molecule has 16 heavy (non-hydrogen) atoms. The van der Waals surface area contributed by atoms with Gasteiger partial charge in [0, 0.05) is 26.4 Å². The van der Waals surface area contributed by atoms with Crippen molar-refractivity contribution < 1.29 is 9.90 Å². The second kappa shape index (κ2) is 6.09. The van der Waals surface area contributed by atoms with Gasteiger partial charge in [-0.05, 0) is 24.1 Å². The second-order valence-corrected chi connectivity index (χ2v) is 3.63. The van der Waals surface area contributed by atoms with Crippen molar-refractivity contribution in [2.75, 3.05) is 26.0 Å². The molecular formula is C11H17N3O2. The molecule has 0 spiro atoms. The van der Waals surface area contributed by atoms with Crippen molar-refractivity contribution in [2.45, 2.75) is 6.42 Å². The van der Waals surface area contributed by atoms with E-state index in [1.165, 1.54) is 0 Å². The first-order chi connectivity index (χ1) is 7.61. The van der Waals surface area contributed by atoms with Crippen LogP contribution in [0.5, 0.6) is 0 Å². The van der Waals surface area contributed by atoms with Gasteiger partial charge in [0.05, 0.1) is 0 Å². The van der Waals surface area contributed by atoms with Crippen LogP contribution in [0.2, 0.25) is 0 Å². The Bertz CT molecular complexity index is 336. The van der Waals surface area contributed by atoms with Crippen molar-refractivity contribution in [3.63, 3.8) is 0 Å². The predicted octanol–water partition coefficient (Wildman–Crippen LogP) is 0.819. The first-order valence-electron chi connectivity index (χ1n) is 5.06. The third-order valence-corrected chi connectivity index (χ3v) is 1.94. The quantitative estimate of drug-likeness (QED) is 0.662. The standard InChI is InChI=1S/C11H17N3O2/c1-14(2)13-11(16)12-10-5-3-9(4-6-10)7-8-15/h3-6,15H,7-8H2,1-2H3,(H2,12,13,16). The molecule has 0 radical (unpaired) electrons. The normalized spacial score (nSPS) is 10.2. The Kier molecular flexibility index (Phi) is 4.75. The van der Waals surface area contributed by atoms with Crippen LogP contribution in [0.4, 0.5) is 10.5 Å². The van der Waals surface area contributed by atoms with Gasteiger partial charge in [-0.3, -0.25) is 5.43 Å². The summed E-state index contributed by atoms with van der Waals surface area (Å²) in [7, 11) is 3.48. The Hall–Kier alpha value is -1.59. The third-order valence-electron chi connectivity index (χ3n) is 1.94. The van der Waals surface area contributed by atoms with E-state index in [1.807, 2.05) is 12.1 Å². The summed E-state index contributed by atoms with van der Waals surface area (Å²) in [6.07, 6.45) is 0.629. The maximum absolute atomic E-state index is 11.3. The molecule has 0 atom stereocenters. The second-order valence-electron chi connectivity index (χ2n) is 3.63. The summed E-state index contributed by atoms with van der Waals surface area (Å²) in [5, 5.41) is 13.0. The number of urea groups is 1. The van der Waals surface area contributed by atoms with Crippen LogP contribution in [0.1, 0.15) is 5.56 Å². The van der Waals surface area contributed by atoms with Crippen molar-refractivity contribution in [3.8, 4) is 0 Å². The number of nitrogens with one attached hydrogen (secondary N) is 2. The molecule has 3 N–H and O–H groups in total. The highest BCUT2D eigenvalue weighted by molar-refractivity contribution is 5.88. The number of anilines is 1. The summed E-state index contributed by atoms with van der Waals surface area (Å²) in [4.78, 5) is 11.3. The van der Waals surface area contributed by atoms with Crippen LogP contribution < -0.4 is 10.7 Å². The van der Waals surface area contributed by atoms with Gasteiger partial charge in [-0.15, -0.1) is 0 Å². The average molecular weight is 223 g/mol. The highest BCUT2D eigenvalue weighted by atomic mass is 16.3. The van der Waals surface area contributed by atoms with Gasteiger partial charge in [0.25, 0.3) is 0 Å². The number of carbonyl (C=O) groups excluding carboxylic acids is 1. The van der Waals surface area contributed by atoms with Crippen molar-refractivity contribution in [2.24, 2.45) is 0 Å². The van der Waals surface area contributed by atoms with Gasteiger partial charge >= 0.3 is 6.03 Å². The monoisotopic (exact) mass is 223 g/mol. The van der Waals surface area contributed by atoms with Gasteiger partial charge in [0.2, 0.25) is 0 Å². The van der Waals surface area contributed by atoms with Gasteiger partial charge in [-0.1, -0.05) is 12.1 Å². The largest absolute Gasteiger partial charge is 0.396 e. The Morgan fingerprint density at radius 1 is 1.31 bits per heavy atom. The summed E-state index contributed by atoms with van der Waals surface area (Å²) in [6.45, 7) is 0.133. The van der Waals surface area contributed by atoms with E-state index in [9.17, 15) is 4.79 Å². The van der Waals surface area contributed by atoms with E-state index in [2.05, 4.69) is 10.7 Å². The average Bonchev–Trinajstić information content (AvgIpc) is 2.20. The van der Waals surface area contributed by atoms with Crippen LogP contribution in [0.3, 0.4) is 0 Å². The number of carbonyl (C=O) groups is 1. The molecular weight excluding hydrogens is 206 g/mol. The number of aliphatic hydroxyl groups is 1. The van der Waals surface area contributed by atoms with E-state index in [-0.39, 0.29) is 12.6 Å². The van der Waals surface area contributed by atoms with Crippen LogP contribution >= 0.6 is 0 Å². The molecule has 0 aliphatic rings. The molecule has 2 amide bonds. The van der Waals surface area contributed by atoms with Crippen LogP contribution in [-0.2, 0) is 6.42 Å². The number of amides is 2. The lowest BCUT2D eigenvalue weighted by Gasteiger charge is -2.12. The molecule has 0 saturated carbocycles. The first-order valence-corrected chi connectivity index (χ1v) is 5.06. The highest BCUT2D eigenvalue weighted by Crippen LogP contribution is 2.09. The summed E-state index contributed by atoms with van der Waals surface area (Å²) < 4.78 is 0. The number of hydrogen-bond donors (Lipinski definition) is 3. The van der Waals surface area contributed by atoms with E-state index in [1.54, 1.807) is 31.2 Å². The van der Waals surface area contributed by atoms with Crippen molar-refractivity contribution in [1.29, 1.82) is 0 Å². The molecule has 0 bridgehead atoms. The lowest BCUT2D eigenvalue weighted by atomic mass is 10.1. The van der Waals surface area contributed by atoms with E-state index in [0.717, 1.165) is 11.3 Å². The molecule has 5 heteroatoms. The van der Waals surface area contributed by atoms with Crippen LogP contribution in [0.15, 0.2) is 24.3 Å². The zero-order valence-electron chi connectivity index (χ0n) is 9.53.